The van der Waals surface area contributed by atoms with E-state index in [9.17, 15) is 14.0 Å². The lowest BCUT2D eigenvalue weighted by Gasteiger charge is -2.07. The summed E-state index contributed by atoms with van der Waals surface area (Å²) in [6.45, 7) is 1.91. The van der Waals surface area contributed by atoms with Crippen molar-refractivity contribution in [3.63, 3.8) is 0 Å². The van der Waals surface area contributed by atoms with Crippen LogP contribution in [-0.4, -0.2) is 18.4 Å². The Morgan fingerprint density at radius 3 is 2.43 bits per heavy atom. The van der Waals surface area contributed by atoms with Gasteiger partial charge in [0.15, 0.2) is 0 Å². The fraction of sp³-hybridized carbons (Fsp3) is 0.222. The second-order valence-electron chi connectivity index (χ2n) is 5.28. The number of nitrogens with one attached hydrogen (secondary N) is 2. The van der Waals surface area contributed by atoms with E-state index in [0.717, 1.165) is 11.1 Å². The van der Waals surface area contributed by atoms with Crippen LogP contribution in [0, 0.1) is 5.82 Å². The lowest BCUT2D eigenvalue weighted by Crippen LogP contribution is -2.27. The Kier molecular flexibility index (Phi) is 5.86. The number of carbonyl (C=O) groups is 2. The van der Waals surface area contributed by atoms with E-state index in [0.29, 0.717) is 18.7 Å². The minimum absolute atomic E-state index is 0.0892. The third kappa shape index (κ3) is 5.90. The zero-order chi connectivity index (χ0) is 16.7. The van der Waals surface area contributed by atoms with Gasteiger partial charge in [-0.1, -0.05) is 24.3 Å². The molecule has 2 aromatic rings. The molecule has 0 saturated heterocycles. The average Bonchev–Trinajstić information content (AvgIpc) is 2.49. The highest BCUT2D eigenvalue weighted by Gasteiger charge is 2.04. The maximum absolute atomic E-state index is 13.0. The van der Waals surface area contributed by atoms with E-state index >= 15 is 0 Å². The normalized spacial score (nSPS) is 10.2. The maximum Gasteiger partial charge on any atom is 0.224 e. The molecule has 0 bridgehead atoms. The lowest BCUT2D eigenvalue weighted by atomic mass is 10.1. The van der Waals surface area contributed by atoms with E-state index in [2.05, 4.69) is 10.6 Å². The van der Waals surface area contributed by atoms with Gasteiger partial charge in [-0.15, -0.1) is 0 Å². The Balaban J connectivity index is 1.77. The first-order valence-electron chi connectivity index (χ1n) is 7.40. The van der Waals surface area contributed by atoms with Crippen molar-refractivity contribution >= 4 is 17.5 Å². The maximum atomic E-state index is 13.0. The highest BCUT2D eigenvalue weighted by atomic mass is 19.1. The predicted octanol–water partition coefficient (Wildman–Crippen LogP) is 2.69. The van der Waals surface area contributed by atoms with Crippen LogP contribution in [0.4, 0.5) is 10.1 Å². The van der Waals surface area contributed by atoms with Gasteiger partial charge in [-0.25, -0.2) is 4.39 Å². The van der Waals surface area contributed by atoms with Gasteiger partial charge in [0.1, 0.15) is 5.82 Å². The molecular formula is C18H19FN2O2. The quantitative estimate of drug-likeness (QED) is 0.861. The zero-order valence-corrected chi connectivity index (χ0v) is 12.9. The summed E-state index contributed by atoms with van der Waals surface area (Å²) in [6, 6.07) is 13.5. The number of halogens is 1. The van der Waals surface area contributed by atoms with Crippen molar-refractivity contribution < 1.29 is 14.0 Å². The van der Waals surface area contributed by atoms with Gasteiger partial charge in [0, 0.05) is 19.2 Å². The second-order valence-corrected chi connectivity index (χ2v) is 5.28. The van der Waals surface area contributed by atoms with Crippen LogP contribution < -0.4 is 10.6 Å². The van der Waals surface area contributed by atoms with Gasteiger partial charge in [0.2, 0.25) is 11.8 Å². The molecule has 2 rings (SSSR count). The van der Waals surface area contributed by atoms with E-state index in [4.69, 9.17) is 0 Å². The molecule has 0 unspecified atom stereocenters. The van der Waals surface area contributed by atoms with Crippen LogP contribution in [0.2, 0.25) is 0 Å². The molecule has 0 fully saturated rings. The van der Waals surface area contributed by atoms with Crippen LogP contribution in [0.1, 0.15) is 18.1 Å². The molecule has 2 amide bonds. The largest absolute Gasteiger partial charge is 0.355 e. The summed E-state index contributed by atoms with van der Waals surface area (Å²) in [6.07, 6.45) is 0.856. The van der Waals surface area contributed by atoms with Crippen molar-refractivity contribution in [1.29, 1.82) is 0 Å². The predicted molar refractivity (Wildman–Crippen MR) is 87.6 cm³/mol. The van der Waals surface area contributed by atoms with E-state index in [1.54, 1.807) is 30.3 Å². The molecule has 0 aliphatic heterocycles. The number of hydrogen-bond acceptors (Lipinski definition) is 2. The van der Waals surface area contributed by atoms with Crippen molar-refractivity contribution in [2.45, 2.75) is 19.8 Å². The molecule has 2 N–H and O–H groups in total. The molecule has 0 aliphatic rings. The molecule has 23 heavy (non-hydrogen) atoms. The molecule has 0 spiro atoms. The van der Waals surface area contributed by atoms with E-state index in [1.165, 1.54) is 19.1 Å². The first kappa shape index (κ1) is 16.7. The number of benzene rings is 2. The summed E-state index contributed by atoms with van der Waals surface area (Å²) in [4.78, 5) is 22.8. The molecular weight excluding hydrogens is 295 g/mol. The lowest BCUT2D eigenvalue weighted by molar-refractivity contribution is -0.120. The van der Waals surface area contributed by atoms with Gasteiger partial charge < -0.3 is 10.6 Å². The number of amides is 2. The van der Waals surface area contributed by atoms with Gasteiger partial charge >= 0.3 is 0 Å². The van der Waals surface area contributed by atoms with Crippen LogP contribution in [0.15, 0.2) is 48.5 Å². The minimum Gasteiger partial charge on any atom is -0.355 e. The minimum atomic E-state index is -0.270. The number of carbonyl (C=O) groups excluding carboxylic acids is 2. The first-order valence-corrected chi connectivity index (χ1v) is 7.40. The van der Waals surface area contributed by atoms with Crippen LogP contribution in [0.3, 0.4) is 0 Å². The van der Waals surface area contributed by atoms with Crippen molar-refractivity contribution in [2.75, 3.05) is 11.9 Å². The Labute approximate surface area is 134 Å². The molecule has 0 heterocycles. The fourth-order valence-electron chi connectivity index (χ4n) is 2.20. The van der Waals surface area contributed by atoms with Crippen molar-refractivity contribution in [2.24, 2.45) is 0 Å². The topological polar surface area (TPSA) is 58.2 Å². The Morgan fingerprint density at radius 2 is 1.78 bits per heavy atom. The van der Waals surface area contributed by atoms with Crippen LogP contribution in [-0.2, 0) is 22.4 Å². The third-order valence-corrected chi connectivity index (χ3v) is 3.26. The second kappa shape index (κ2) is 8.08. The third-order valence-electron chi connectivity index (χ3n) is 3.26. The Hall–Kier alpha value is -2.69. The van der Waals surface area contributed by atoms with Crippen LogP contribution in [0.25, 0.3) is 0 Å². The van der Waals surface area contributed by atoms with Gasteiger partial charge in [-0.05, 0) is 41.8 Å². The summed E-state index contributed by atoms with van der Waals surface area (Å²) in [5.74, 6) is -0.491. The molecule has 0 aromatic heterocycles. The summed E-state index contributed by atoms with van der Waals surface area (Å²) in [7, 11) is 0. The number of rotatable bonds is 6. The molecule has 120 valence electrons. The Morgan fingerprint density at radius 1 is 1.04 bits per heavy atom. The zero-order valence-electron chi connectivity index (χ0n) is 12.9. The highest BCUT2D eigenvalue weighted by Crippen LogP contribution is 2.10. The monoisotopic (exact) mass is 314 g/mol. The smallest absolute Gasteiger partial charge is 0.224 e. The highest BCUT2D eigenvalue weighted by molar-refractivity contribution is 5.88. The van der Waals surface area contributed by atoms with E-state index < -0.39 is 0 Å². The van der Waals surface area contributed by atoms with E-state index in [-0.39, 0.29) is 24.1 Å². The molecule has 0 atom stereocenters. The molecule has 5 heteroatoms. The molecule has 0 radical (unpaired) electrons. The summed E-state index contributed by atoms with van der Waals surface area (Å²) in [5.41, 5.74) is 2.42. The Bertz CT molecular complexity index is 684. The van der Waals surface area contributed by atoms with Crippen LogP contribution >= 0.6 is 0 Å². The van der Waals surface area contributed by atoms with Gasteiger partial charge in [0.25, 0.3) is 0 Å². The standard InChI is InChI=1S/C18H19FN2O2/c1-13(22)21-17-7-5-15(6-8-17)12-18(23)20-10-9-14-3-2-4-16(19)11-14/h2-8,11H,9-10,12H2,1H3,(H,20,23)(H,21,22). The SMILES string of the molecule is CC(=O)Nc1ccc(CC(=O)NCCc2cccc(F)c2)cc1. The van der Waals surface area contributed by atoms with Gasteiger partial charge in [-0.2, -0.15) is 0 Å². The van der Waals surface area contributed by atoms with Gasteiger partial charge in [-0.3, -0.25) is 9.59 Å². The van der Waals surface area contributed by atoms with Crippen molar-refractivity contribution in [3.8, 4) is 0 Å². The summed E-state index contributed by atoms with van der Waals surface area (Å²) in [5, 5.41) is 5.49. The van der Waals surface area contributed by atoms with Gasteiger partial charge in [0.05, 0.1) is 6.42 Å². The first-order chi connectivity index (χ1) is 11.0. The van der Waals surface area contributed by atoms with Crippen LogP contribution in [0.5, 0.6) is 0 Å². The fourth-order valence-corrected chi connectivity index (χ4v) is 2.20. The summed E-state index contributed by atoms with van der Waals surface area (Å²) < 4.78 is 13.0. The van der Waals surface area contributed by atoms with Crippen molar-refractivity contribution in [1.82, 2.24) is 5.32 Å². The molecule has 0 saturated carbocycles. The number of anilines is 1. The van der Waals surface area contributed by atoms with Crippen molar-refractivity contribution in [3.05, 3.63) is 65.5 Å². The molecule has 2 aromatic carbocycles. The number of hydrogen-bond donors (Lipinski definition) is 2. The van der Waals surface area contributed by atoms with E-state index in [1.807, 2.05) is 6.07 Å². The summed E-state index contributed by atoms with van der Waals surface area (Å²) >= 11 is 0. The molecule has 4 nitrogen and oxygen atoms in total. The average molecular weight is 314 g/mol. The molecule has 0 aliphatic carbocycles.